The zero-order valence-corrected chi connectivity index (χ0v) is 12.6. The molecule has 0 heterocycles. The number of benzene rings is 2. The molecule has 0 bridgehead atoms. The van der Waals surface area contributed by atoms with Crippen LogP contribution >= 0.6 is 27.5 Å². The minimum absolute atomic E-state index is 0.188. The molecule has 1 unspecified atom stereocenters. The third kappa shape index (κ3) is 3.87. The molecule has 0 aliphatic rings. The van der Waals surface area contributed by atoms with Crippen molar-refractivity contribution in [3.05, 3.63) is 46.4 Å². The van der Waals surface area contributed by atoms with Gasteiger partial charge in [-0.25, -0.2) is 0 Å². The Hall–Kier alpha value is -0.780. The molecule has 20 heavy (non-hydrogen) atoms. The Morgan fingerprint density at radius 2 is 1.75 bits per heavy atom. The van der Waals surface area contributed by atoms with E-state index in [1.807, 2.05) is 30.3 Å². The third-order valence-electron chi connectivity index (χ3n) is 2.77. The zero-order chi connectivity index (χ0) is 14.8. The molecule has 2 rings (SSSR count). The van der Waals surface area contributed by atoms with Gasteiger partial charge in [0.2, 0.25) is 0 Å². The Morgan fingerprint density at radius 1 is 1.10 bits per heavy atom. The summed E-state index contributed by atoms with van der Waals surface area (Å²) in [6, 6.07) is 11.2. The van der Waals surface area contributed by atoms with Crippen LogP contribution in [-0.4, -0.2) is 19.4 Å². The summed E-state index contributed by atoms with van der Waals surface area (Å²) in [5, 5.41) is 1.24. The van der Waals surface area contributed by atoms with Crippen LogP contribution in [0, 0.1) is 0 Å². The molecule has 108 valence electrons. The third-order valence-corrected chi connectivity index (χ3v) is 3.82. The lowest BCUT2D eigenvalue weighted by Gasteiger charge is -2.15. The highest BCUT2D eigenvalue weighted by molar-refractivity contribution is 9.10. The molecule has 1 atom stereocenters. The van der Waals surface area contributed by atoms with Gasteiger partial charge in [0.05, 0.1) is 12.0 Å². The normalized spacial score (nSPS) is 13.7. The first kappa shape index (κ1) is 15.6. The number of hydrogen-bond donors (Lipinski definition) is 0. The van der Waals surface area contributed by atoms with Crippen molar-refractivity contribution in [2.24, 2.45) is 0 Å². The lowest BCUT2D eigenvalue weighted by Crippen LogP contribution is -2.18. The zero-order valence-electron chi connectivity index (χ0n) is 10.3. The van der Waals surface area contributed by atoms with Gasteiger partial charge >= 0.3 is 6.18 Å². The van der Waals surface area contributed by atoms with Gasteiger partial charge in [0.15, 0.2) is 0 Å². The van der Waals surface area contributed by atoms with E-state index in [9.17, 15) is 13.2 Å². The summed E-state index contributed by atoms with van der Waals surface area (Å²) >= 11 is 9.59. The fourth-order valence-electron chi connectivity index (χ4n) is 1.93. The van der Waals surface area contributed by atoms with Gasteiger partial charge in [-0.15, -0.1) is 11.6 Å². The average molecular weight is 368 g/mol. The minimum Gasteiger partial charge on any atom is -0.370 e. The monoisotopic (exact) mass is 366 g/mol. The molecule has 0 aromatic heterocycles. The van der Waals surface area contributed by atoms with Crippen molar-refractivity contribution < 1.29 is 17.9 Å². The van der Waals surface area contributed by atoms with E-state index in [1.165, 1.54) is 0 Å². The fraction of sp³-hybridized carbons (Fsp3) is 0.286. The van der Waals surface area contributed by atoms with Crippen LogP contribution in [0.5, 0.6) is 0 Å². The maximum Gasteiger partial charge on any atom is 0.411 e. The molecule has 0 radical (unpaired) electrons. The highest BCUT2D eigenvalue weighted by Gasteiger charge is 2.28. The van der Waals surface area contributed by atoms with Crippen LogP contribution in [0.25, 0.3) is 10.8 Å². The van der Waals surface area contributed by atoms with Crippen molar-refractivity contribution in [2.75, 3.05) is 13.2 Å². The van der Waals surface area contributed by atoms with E-state index < -0.39 is 18.2 Å². The summed E-state index contributed by atoms with van der Waals surface area (Å²) < 4.78 is 41.7. The molecule has 0 spiro atoms. The van der Waals surface area contributed by atoms with Gasteiger partial charge in [-0.2, -0.15) is 13.2 Å². The molecule has 2 aromatic rings. The maximum absolute atomic E-state index is 12.0. The van der Waals surface area contributed by atoms with E-state index in [0.29, 0.717) is 0 Å². The first-order valence-electron chi connectivity index (χ1n) is 5.84. The Morgan fingerprint density at radius 3 is 2.40 bits per heavy atom. The highest BCUT2D eigenvalue weighted by atomic mass is 79.9. The van der Waals surface area contributed by atoms with Crippen LogP contribution in [-0.2, 0) is 4.74 Å². The minimum atomic E-state index is -4.33. The van der Waals surface area contributed by atoms with E-state index in [4.69, 9.17) is 11.6 Å². The molecule has 0 N–H and O–H groups in total. The van der Waals surface area contributed by atoms with Gasteiger partial charge in [-0.1, -0.05) is 46.3 Å². The van der Waals surface area contributed by atoms with Crippen molar-refractivity contribution >= 4 is 38.3 Å². The second-order valence-electron chi connectivity index (χ2n) is 4.28. The first-order valence-corrected chi connectivity index (χ1v) is 7.07. The molecule has 0 saturated carbocycles. The summed E-state index contributed by atoms with van der Waals surface area (Å²) in [5.41, 5.74) is 0.757. The molecule has 0 amide bonds. The molecule has 1 nitrogen and oxygen atoms in total. The number of ether oxygens (including phenoxy) is 1. The van der Waals surface area contributed by atoms with E-state index in [-0.39, 0.29) is 6.61 Å². The molecule has 0 fully saturated rings. The number of alkyl halides is 4. The average Bonchev–Trinajstić information content (AvgIpc) is 2.38. The predicted molar refractivity (Wildman–Crippen MR) is 77.1 cm³/mol. The fourth-order valence-corrected chi connectivity index (χ4v) is 2.68. The van der Waals surface area contributed by atoms with E-state index >= 15 is 0 Å². The van der Waals surface area contributed by atoms with Crippen LogP contribution in [0.15, 0.2) is 40.9 Å². The molecule has 2 aromatic carbocycles. The smallest absolute Gasteiger partial charge is 0.370 e. The molecule has 6 heteroatoms. The summed E-state index contributed by atoms with van der Waals surface area (Å²) in [7, 11) is 0. The number of hydrogen-bond acceptors (Lipinski definition) is 1. The van der Waals surface area contributed by atoms with Crippen molar-refractivity contribution in [3.8, 4) is 0 Å². The largest absolute Gasteiger partial charge is 0.411 e. The Bertz CT molecular complexity index is 600. The predicted octanol–water partition coefficient (Wildman–Crippen LogP) is 5.46. The number of rotatable bonds is 4. The lowest BCUT2D eigenvalue weighted by molar-refractivity contribution is -0.173. The quantitative estimate of drug-likeness (QED) is 0.652. The topological polar surface area (TPSA) is 9.23 Å². The molecular formula is C14H11BrClF3O. The van der Waals surface area contributed by atoms with Crippen molar-refractivity contribution in [3.63, 3.8) is 0 Å². The summed E-state index contributed by atoms with van der Waals surface area (Å²) in [6.45, 7) is -1.47. The van der Waals surface area contributed by atoms with Crippen molar-refractivity contribution in [2.45, 2.75) is 11.6 Å². The van der Waals surface area contributed by atoms with Gasteiger partial charge in [0, 0.05) is 4.47 Å². The Balaban J connectivity index is 2.18. The number of halogens is 5. The number of fused-ring (bicyclic) bond motifs is 1. The van der Waals surface area contributed by atoms with Gasteiger partial charge in [-0.3, -0.25) is 0 Å². The molecule has 0 aliphatic heterocycles. The van der Waals surface area contributed by atoms with Crippen LogP contribution in [0.4, 0.5) is 13.2 Å². The SMILES string of the molecule is FC(F)(F)COCC(Cl)c1ccc(Br)c2ccccc12. The summed E-state index contributed by atoms with van der Waals surface area (Å²) in [5.74, 6) is 0. The second-order valence-corrected chi connectivity index (χ2v) is 5.66. The van der Waals surface area contributed by atoms with Crippen LogP contribution in [0.1, 0.15) is 10.9 Å². The van der Waals surface area contributed by atoms with Gasteiger partial charge in [-0.05, 0) is 22.4 Å². The summed E-state index contributed by atoms with van der Waals surface area (Å²) in [4.78, 5) is 0. The van der Waals surface area contributed by atoms with Crippen LogP contribution < -0.4 is 0 Å². The maximum atomic E-state index is 12.0. The summed E-state index contributed by atoms with van der Waals surface area (Å²) in [6.07, 6.45) is -4.33. The molecule has 0 saturated heterocycles. The van der Waals surface area contributed by atoms with Gasteiger partial charge in [0.25, 0.3) is 0 Å². The standard InChI is InChI=1S/C14H11BrClF3O/c15-12-6-5-11(9-3-1-2-4-10(9)12)13(16)7-20-8-14(17,18)19/h1-6,13H,7-8H2. The van der Waals surface area contributed by atoms with Crippen molar-refractivity contribution in [1.29, 1.82) is 0 Å². The van der Waals surface area contributed by atoms with E-state index in [0.717, 1.165) is 20.8 Å². The Kier molecular flexibility index (Phi) is 4.94. The molecule has 0 aliphatic carbocycles. The lowest BCUT2D eigenvalue weighted by atomic mass is 10.0. The highest BCUT2D eigenvalue weighted by Crippen LogP contribution is 2.33. The van der Waals surface area contributed by atoms with E-state index in [1.54, 1.807) is 6.07 Å². The van der Waals surface area contributed by atoms with Gasteiger partial charge in [0.1, 0.15) is 6.61 Å². The van der Waals surface area contributed by atoms with Crippen LogP contribution in [0.2, 0.25) is 0 Å². The first-order chi connectivity index (χ1) is 9.38. The van der Waals surface area contributed by atoms with E-state index in [2.05, 4.69) is 20.7 Å². The van der Waals surface area contributed by atoms with Crippen LogP contribution in [0.3, 0.4) is 0 Å². The Labute approximate surface area is 127 Å². The molecular weight excluding hydrogens is 357 g/mol. The van der Waals surface area contributed by atoms with Crippen molar-refractivity contribution in [1.82, 2.24) is 0 Å². The second kappa shape index (κ2) is 6.33. The van der Waals surface area contributed by atoms with Gasteiger partial charge < -0.3 is 4.74 Å².